The molecule has 1 atom stereocenters. The molecule has 0 fully saturated rings. The van der Waals surface area contributed by atoms with Gasteiger partial charge < -0.3 is 10.2 Å². The highest BCUT2D eigenvalue weighted by molar-refractivity contribution is 6.31. The Balaban J connectivity index is 2.41. The molecule has 0 radical (unpaired) electrons. The molecule has 0 bridgehead atoms. The number of nitrogens with two attached hydrogens (primary N) is 1. The zero-order valence-electron chi connectivity index (χ0n) is 7.78. The molecule has 0 aliphatic carbocycles. The van der Waals surface area contributed by atoms with Crippen LogP contribution in [0.3, 0.4) is 0 Å². The fourth-order valence-electron chi connectivity index (χ4n) is 1.37. The van der Waals surface area contributed by atoms with Gasteiger partial charge in [0.05, 0.1) is 12.3 Å². The first-order valence-corrected chi connectivity index (χ1v) is 4.80. The van der Waals surface area contributed by atoms with E-state index in [-0.39, 0.29) is 5.82 Å². The van der Waals surface area contributed by atoms with Crippen LogP contribution in [0, 0.1) is 5.82 Å². The summed E-state index contributed by atoms with van der Waals surface area (Å²) >= 11 is 5.92. The van der Waals surface area contributed by atoms with Crippen LogP contribution in [0.2, 0.25) is 5.02 Å². The topological polar surface area (TPSA) is 39.2 Å². The number of hydrogen-bond acceptors (Lipinski definition) is 2. The molecule has 0 spiro atoms. The lowest BCUT2D eigenvalue weighted by Gasteiger charge is -2.10. The summed E-state index contributed by atoms with van der Waals surface area (Å²) < 4.78 is 18.1. The van der Waals surface area contributed by atoms with Crippen LogP contribution in [0.5, 0.6) is 0 Å². The number of halogens is 2. The van der Waals surface area contributed by atoms with E-state index in [0.717, 1.165) is 0 Å². The van der Waals surface area contributed by atoms with Crippen molar-refractivity contribution in [2.75, 3.05) is 0 Å². The molecule has 2 nitrogen and oxygen atoms in total. The van der Waals surface area contributed by atoms with Gasteiger partial charge in [0.25, 0.3) is 0 Å². The first-order valence-electron chi connectivity index (χ1n) is 4.42. The van der Waals surface area contributed by atoms with Gasteiger partial charge in [0.1, 0.15) is 11.6 Å². The van der Waals surface area contributed by atoms with Crippen molar-refractivity contribution in [1.82, 2.24) is 0 Å². The second-order valence-corrected chi connectivity index (χ2v) is 3.57. The molecule has 1 aromatic heterocycles. The van der Waals surface area contributed by atoms with E-state index in [1.165, 1.54) is 24.5 Å². The molecule has 1 unspecified atom stereocenters. The van der Waals surface area contributed by atoms with E-state index in [9.17, 15) is 4.39 Å². The molecule has 2 aromatic rings. The molecule has 0 aliphatic heterocycles. The smallest absolute Gasteiger partial charge is 0.125 e. The van der Waals surface area contributed by atoms with Crippen LogP contribution < -0.4 is 5.73 Å². The van der Waals surface area contributed by atoms with Crippen LogP contribution in [-0.2, 0) is 0 Å². The normalized spacial score (nSPS) is 12.7. The molecule has 78 valence electrons. The summed E-state index contributed by atoms with van der Waals surface area (Å²) in [4.78, 5) is 0. The molecule has 2 N–H and O–H groups in total. The lowest BCUT2D eigenvalue weighted by molar-refractivity contribution is 0.489. The predicted octanol–water partition coefficient (Wildman–Crippen LogP) is 3.12. The third kappa shape index (κ3) is 2.03. The van der Waals surface area contributed by atoms with Crippen molar-refractivity contribution in [3.8, 4) is 0 Å². The minimum absolute atomic E-state index is 0.364. The Labute approximate surface area is 91.5 Å². The van der Waals surface area contributed by atoms with Crippen molar-refractivity contribution in [2.45, 2.75) is 6.04 Å². The van der Waals surface area contributed by atoms with Crippen LogP contribution in [0.4, 0.5) is 4.39 Å². The van der Waals surface area contributed by atoms with Gasteiger partial charge in [-0.2, -0.15) is 0 Å². The molecular weight excluding hydrogens is 217 g/mol. The summed E-state index contributed by atoms with van der Waals surface area (Å²) in [6.07, 6.45) is 1.52. The number of benzene rings is 1. The molecule has 1 heterocycles. The van der Waals surface area contributed by atoms with E-state index in [0.29, 0.717) is 16.3 Å². The van der Waals surface area contributed by atoms with E-state index in [2.05, 4.69) is 0 Å². The highest BCUT2D eigenvalue weighted by atomic mass is 35.5. The summed E-state index contributed by atoms with van der Waals surface area (Å²) in [5.41, 5.74) is 6.41. The van der Waals surface area contributed by atoms with Gasteiger partial charge in [-0.3, -0.25) is 0 Å². The van der Waals surface area contributed by atoms with Gasteiger partial charge >= 0.3 is 0 Å². The van der Waals surface area contributed by atoms with Gasteiger partial charge in [0.2, 0.25) is 0 Å². The van der Waals surface area contributed by atoms with Crippen LogP contribution >= 0.6 is 11.6 Å². The van der Waals surface area contributed by atoms with Gasteiger partial charge in [0.15, 0.2) is 0 Å². The summed E-state index contributed by atoms with van der Waals surface area (Å²) in [6.45, 7) is 0. The Morgan fingerprint density at radius 2 is 2.13 bits per heavy atom. The first kappa shape index (κ1) is 10.2. The van der Waals surface area contributed by atoms with Crippen LogP contribution in [0.25, 0.3) is 0 Å². The van der Waals surface area contributed by atoms with Crippen molar-refractivity contribution in [2.24, 2.45) is 5.73 Å². The molecule has 0 amide bonds. The Kier molecular flexibility index (Phi) is 2.75. The van der Waals surface area contributed by atoms with Gasteiger partial charge in [-0.15, -0.1) is 0 Å². The lowest BCUT2D eigenvalue weighted by atomic mass is 10.1. The van der Waals surface area contributed by atoms with Crippen molar-refractivity contribution >= 4 is 11.6 Å². The van der Waals surface area contributed by atoms with E-state index >= 15 is 0 Å². The molecule has 4 heteroatoms. The number of rotatable bonds is 2. The Morgan fingerprint density at radius 3 is 2.80 bits per heavy atom. The fourth-order valence-corrected chi connectivity index (χ4v) is 1.61. The molecule has 0 saturated carbocycles. The third-order valence-electron chi connectivity index (χ3n) is 2.14. The standard InChI is InChI=1S/C11H9ClFNO/c12-9-4-3-7(13)6-8(9)11(14)10-2-1-5-15-10/h1-6,11H,14H2. The minimum atomic E-state index is -0.539. The molecule has 1 aromatic carbocycles. The van der Waals surface area contributed by atoms with Crippen LogP contribution in [0.1, 0.15) is 17.4 Å². The summed E-state index contributed by atoms with van der Waals surface area (Å²) in [5.74, 6) is 0.193. The summed E-state index contributed by atoms with van der Waals surface area (Å²) in [6, 6.07) is 7.00. The maximum absolute atomic E-state index is 13.0. The van der Waals surface area contributed by atoms with Crippen LogP contribution in [-0.4, -0.2) is 0 Å². The van der Waals surface area contributed by atoms with Crippen molar-refractivity contribution in [3.63, 3.8) is 0 Å². The second kappa shape index (κ2) is 4.04. The zero-order chi connectivity index (χ0) is 10.8. The Morgan fingerprint density at radius 1 is 1.33 bits per heavy atom. The maximum atomic E-state index is 13.0. The average Bonchev–Trinajstić information content (AvgIpc) is 2.74. The predicted molar refractivity (Wildman–Crippen MR) is 56.1 cm³/mol. The van der Waals surface area contributed by atoms with Crippen molar-refractivity contribution in [1.29, 1.82) is 0 Å². The van der Waals surface area contributed by atoms with Crippen LogP contribution in [0.15, 0.2) is 41.0 Å². The van der Waals surface area contributed by atoms with E-state index < -0.39 is 6.04 Å². The molecular formula is C11H9ClFNO. The number of hydrogen-bond donors (Lipinski definition) is 1. The highest BCUT2D eigenvalue weighted by Gasteiger charge is 2.15. The summed E-state index contributed by atoms with van der Waals surface area (Å²) in [7, 11) is 0. The van der Waals surface area contributed by atoms with Gasteiger partial charge in [-0.1, -0.05) is 11.6 Å². The van der Waals surface area contributed by atoms with E-state index in [1.807, 2.05) is 0 Å². The maximum Gasteiger partial charge on any atom is 0.125 e. The molecule has 0 aliphatic rings. The van der Waals surface area contributed by atoms with Gasteiger partial charge in [0, 0.05) is 5.02 Å². The monoisotopic (exact) mass is 225 g/mol. The lowest BCUT2D eigenvalue weighted by Crippen LogP contribution is -2.11. The highest BCUT2D eigenvalue weighted by Crippen LogP contribution is 2.27. The first-order chi connectivity index (χ1) is 7.18. The number of furan rings is 1. The molecule has 2 rings (SSSR count). The zero-order valence-corrected chi connectivity index (χ0v) is 8.54. The van der Waals surface area contributed by atoms with Crippen molar-refractivity contribution < 1.29 is 8.81 Å². The molecule has 15 heavy (non-hydrogen) atoms. The van der Waals surface area contributed by atoms with E-state index in [4.69, 9.17) is 21.8 Å². The molecule has 0 saturated heterocycles. The van der Waals surface area contributed by atoms with Gasteiger partial charge in [-0.25, -0.2) is 4.39 Å². The fraction of sp³-hybridized carbons (Fsp3) is 0.0909. The minimum Gasteiger partial charge on any atom is -0.467 e. The quantitative estimate of drug-likeness (QED) is 0.853. The van der Waals surface area contributed by atoms with Crippen molar-refractivity contribution in [3.05, 3.63) is 58.8 Å². The average molecular weight is 226 g/mol. The summed E-state index contributed by atoms with van der Waals surface area (Å²) in [5, 5.41) is 0.431. The Hall–Kier alpha value is -1.32. The van der Waals surface area contributed by atoms with E-state index in [1.54, 1.807) is 12.1 Å². The Bertz CT molecular complexity index is 456. The van der Waals surface area contributed by atoms with Gasteiger partial charge in [-0.05, 0) is 35.9 Å². The SMILES string of the molecule is NC(c1ccco1)c1cc(F)ccc1Cl. The third-order valence-corrected chi connectivity index (χ3v) is 2.49. The largest absolute Gasteiger partial charge is 0.467 e. The second-order valence-electron chi connectivity index (χ2n) is 3.16.